The number of aromatic nitrogens is 1. The van der Waals surface area contributed by atoms with Crippen LogP contribution in [0.3, 0.4) is 0 Å². The fourth-order valence-corrected chi connectivity index (χ4v) is 1.87. The monoisotopic (exact) mass is 355 g/mol. The lowest BCUT2D eigenvalue weighted by molar-refractivity contribution is -0.123. The van der Waals surface area contributed by atoms with Crippen molar-refractivity contribution in [1.29, 1.82) is 0 Å². The number of rotatable bonds is 7. The quantitative estimate of drug-likeness (QED) is 0.385. The molecule has 0 aliphatic carbocycles. The Morgan fingerprint density at radius 1 is 0.962 bits per heavy atom. The molecule has 0 fully saturated rings. The molecule has 1 heterocycles. The van der Waals surface area contributed by atoms with E-state index in [1.54, 1.807) is 24.5 Å². The molecule has 2 aromatic rings. The van der Waals surface area contributed by atoms with Crippen LogP contribution in [-0.2, 0) is 9.47 Å². The summed E-state index contributed by atoms with van der Waals surface area (Å²) in [5.74, 6) is 0. The van der Waals surface area contributed by atoms with Crippen LogP contribution in [0.25, 0.3) is 12.2 Å². The molecule has 0 atom stereocenters. The lowest BCUT2D eigenvalue weighted by atomic mass is 10.1. The van der Waals surface area contributed by atoms with Gasteiger partial charge >= 0.3 is 0 Å². The van der Waals surface area contributed by atoms with Gasteiger partial charge in [-0.1, -0.05) is 42.5 Å². The van der Waals surface area contributed by atoms with Crippen LogP contribution in [0.2, 0.25) is 0 Å². The molecular weight excluding hydrogens is 326 g/mol. The van der Waals surface area contributed by atoms with Crippen molar-refractivity contribution in [3.63, 3.8) is 0 Å². The van der Waals surface area contributed by atoms with Crippen molar-refractivity contribution in [3.05, 3.63) is 78.6 Å². The number of ether oxygens (including phenoxy) is 2. The maximum Gasteiger partial charge on any atom is 0.154 e. The molecule has 1 aromatic heterocycles. The molecule has 0 saturated carbocycles. The molecule has 0 radical (unpaired) electrons. The summed E-state index contributed by atoms with van der Waals surface area (Å²) in [6.45, 7) is 13.3. The molecule has 2 rings (SSSR count). The highest BCUT2D eigenvalue weighted by Crippen LogP contribution is 2.08. The second-order valence-electron chi connectivity index (χ2n) is 4.88. The van der Waals surface area contributed by atoms with Crippen LogP contribution in [0.15, 0.2) is 61.9 Å². The number of nitrogens with zero attached hydrogens (tertiary/aromatic N) is 1. The summed E-state index contributed by atoms with van der Waals surface area (Å²) in [4.78, 5) is 14.5. The number of hydrogen-bond acceptors (Lipinski definition) is 4. The average Bonchev–Trinajstić information content (AvgIpc) is 2.70. The summed E-state index contributed by atoms with van der Waals surface area (Å²) in [5.41, 5.74) is 2.81. The number of carbonyl (C=O) groups excluding carboxylic acids is 1. The Morgan fingerprint density at radius 3 is 1.96 bits per heavy atom. The van der Waals surface area contributed by atoms with Gasteiger partial charge in [0.25, 0.3) is 0 Å². The molecule has 0 aliphatic rings. The molecular formula is C22H29NO3. The Bertz CT molecular complexity index is 603. The third-order valence-corrected chi connectivity index (χ3v) is 3.03. The van der Waals surface area contributed by atoms with Crippen LogP contribution in [-0.4, -0.2) is 30.8 Å². The first kappa shape index (κ1) is 23.4. The molecule has 0 bridgehead atoms. The van der Waals surface area contributed by atoms with E-state index in [4.69, 9.17) is 9.47 Å². The largest absolute Gasteiger partial charge is 0.353 e. The minimum absolute atomic E-state index is 0.0370. The Labute approximate surface area is 157 Å². The summed E-state index contributed by atoms with van der Waals surface area (Å²) >= 11 is 0. The molecule has 0 N–H and O–H groups in total. The second kappa shape index (κ2) is 15.9. The fourth-order valence-electron chi connectivity index (χ4n) is 1.87. The van der Waals surface area contributed by atoms with E-state index >= 15 is 0 Å². The number of benzene rings is 1. The maximum atomic E-state index is 10.5. The molecule has 4 nitrogen and oxygen atoms in total. The van der Waals surface area contributed by atoms with Gasteiger partial charge in [-0.2, -0.15) is 0 Å². The highest BCUT2D eigenvalue weighted by atomic mass is 16.7. The second-order valence-corrected chi connectivity index (χ2v) is 4.88. The van der Waals surface area contributed by atoms with E-state index in [1.165, 1.54) is 0 Å². The topological polar surface area (TPSA) is 48.4 Å². The van der Waals surface area contributed by atoms with E-state index < -0.39 is 0 Å². The van der Waals surface area contributed by atoms with Gasteiger partial charge in [-0.15, -0.1) is 13.2 Å². The van der Waals surface area contributed by atoms with Crippen molar-refractivity contribution in [3.8, 4) is 0 Å². The first-order valence-corrected chi connectivity index (χ1v) is 8.56. The molecule has 0 saturated heterocycles. The van der Waals surface area contributed by atoms with Gasteiger partial charge in [-0.25, -0.2) is 0 Å². The maximum absolute atomic E-state index is 10.5. The fraction of sp³-hybridized carbons (Fsp3) is 0.273. The van der Waals surface area contributed by atoms with E-state index in [9.17, 15) is 4.79 Å². The Balaban J connectivity index is 0.000000533. The van der Waals surface area contributed by atoms with Crippen LogP contribution in [0.4, 0.5) is 0 Å². The predicted octanol–water partition coefficient (Wildman–Crippen LogP) is 5.27. The molecule has 1 aromatic carbocycles. The lowest BCUT2D eigenvalue weighted by Gasteiger charge is -2.09. The smallest absolute Gasteiger partial charge is 0.154 e. The van der Waals surface area contributed by atoms with Crippen LogP contribution in [0.1, 0.15) is 42.3 Å². The standard InChI is InChI=1S/C14H11NO.C6H14O2.C2H4/c16-11-14-7-4-12(5-8-14)3-6-13-2-1-9-15-10-13;1-4-7-6(3)8-5-2;1-2/h1-11H;6H,4-5H2,1-3H3;1-2H2/b6-3+;;. The van der Waals surface area contributed by atoms with Crippen LogP contribution in [0, 0.1) is 0 Å². The zero-order chi connectivity index (χ0) is 19.6. The van der Waals surface area contributed by atoms with Crippen molar-refractivity contribution in [2.24, 2.45) is 0 Å². The van der Waals surface area contributed by atoms with E-state index in [-0.39, 0.29) is 6.29 Å². The van der Waals surface area contributed by atoms with E-state index in [1.807, 2.05) is 57.2 Å². The SMILES string of the molecule is C=C.CCOC(C)OCC.O=Cc1ccc(/C=C/c2cccnc2)cc1. The van der Waals surface area contributed by atoms with E-state index in [2.05, 4.69) is 18.1 Å². The first-order valence-electron chi connectivity index (χ1n) is 8.56. The van der Waals surface area contributed by atoms with Gasteiger partial charge in [0.2, 0.25) is 0 Å². The minimum Gasteiger partial charge on any atom is -0.353 e. The molecule has 140 valence electrons. The Hall–Kier alpha value is -2.56. The first-order chi connectivity index (χ1) is 12.7. The van der Waals surface area contributed by atoms with Crippen molar-refractivity contribution in [2.75, 3.05) is 13.2 Å². The van der Waals surface area contributed by atoms with Crippen molar-refractivity contribution >= 4 is 18.4 Å². The molecule has 4 heteroatoms. The molecule has 26 heavy (non-hydrogen) atoms. The molecule has 0 unspecified atom stereocenters. The Morgan fingerprint density at radius 2 is 1.50 bits per heavy atom. The Kier molecular flexibility index (Phi) is 14.4. The summed E-state index contributed by atoms with van der Waals surface area (Å²) in [7, 11) is 0. The van der Waals surface area contributed by atoms with Crippen LogP contribution < -0.4 is 0 Å². The van der Waals surface area contributed by atoms with Gasteiger partial charge < -0.3 is 9.47 Å². The highest BCUT2D eigenvalue weighted by Gasteiger charge is 1.94. The minimum atomic E-state index is -0.0370. The molecule has 0 spiro atoms. The molecule has 0 amide bonds. The third kappa shape index (κ3) is 11.1. The van der Waals surface area contributed by atoms with E-state index in [0.29, 0.717) is 5.56 Å². The van der Waals surface area contributed by atoms with Crippen molar-refractivity contribution in [1.82, 2.24) is 4.98 Å². The number of pyridine rings is 1. The van der Waals surface area contributed by atoms with Crippen molar-refractivity contribution in [2.45, 2.75) is 27.1 Å². The third-order valence-electron chi connectivity index (χ3n) is 3.03. The van der Waals surface area contributed by atoms with Gasteiger partial charge in [0, 0.05) is 31.2 Å². The predicted molar refractivity (Wildman–Crippen MR) is 109 cm³/mol. The number of aldehydes is 1. The van der Waals surface area contributed by atoms with Crippen LogP contribution >= 0.6 is 0 Å². The highest BCUT2D eigenvalue weighted by molar-refractivity contribution is 5.76. The van der Waals surface area contributed by atoms with Crippen molar-refractivity contribution < 1.29 is 14.3 Å². The van der Waals surface area contributed by atoms with Gasteiger partial charge in [0.1, 0.15) is 6.29 Å². The van der Waals surface area contributed by atoms with Gasteiger partial charge in [-0.3, -0.25) is 9.78 Å². The zero-order valence-corrected chi connectivity index (χ0v) is 15.9. The zero-order valence-electron chi connectivity index (χ0n) is 15.9. The average molecular weight is 355 g/mol. The van der Waals surface area contributed by atoms with Gasteiger partial charge in [0.05, 0.1) is 0 Å². The van der Waals surface area contributed by atoms with Gasteiger partial charge in [-0.05, 0) is 38.0 Å². The number of carbonyl (C=O) groups is 1. The van der Waals surface area contributed by atoms with Crippen LogP contribution in [0.5, 0.6) is 0 Å². The lowest BCUT2D eigenvalue weighted by Crippen LogP contribution is -2.11. The summed E-state index contributed by atoms with van der Waals surface area (Å²) < 4.78 is 10.1. The molecule has 0 aliphatic heterocycles. The normalized spacial score (nSPS) is 9.85. The summed E-state index contributed by atoms with van der Waals surface area (Å²) in [6.07, 6.45) is 8.33. The number of hydrogen-bond donors (Lipinski definition) is 0. The summed E-state index contributed by atoms with van der Waals surface area (Å²) in [6, 6.07) is 11.3. The van der Waals surface area contributed by atoms with E-state index in [0.717, 1.165) is 30.6 Å². The van der Waals surface area contributed by atoms with Gasteiger partial charge in [0.15, 0.2) is 6.29 Å². The summed E-state index contributed by atoms with van der Waals surface area (Å²) in [5, 5.41) is 0.